The quantitative estimate of drug-likeness (QED) is 0.902. The molecule has 134 valence electrons. The summed E-state index contributed by atoms with van der Waals surface area (Å²) >= 11 is 0. The number of hydrogen-bond donors (Lipinski definition) is 1. The molecule has 4 nitrogen and oxygen atoms in total. The van der Waals surface area contributed by atoms with Crippen LogP contribution in [0.3, 0.4) is 0 Å². The van der Waals surface area contributed by atoms with Crippen LogP contribution in [0.1, 0.15) is 80.7 Å². The van der Waals surface area contributed by atoms with Crippen LogP contribution in [-0.4, -0.2) is 43.2 Å². The van der Waals surface area contributed by atoms with Gasteiger partial charge < -0.3 is 14.6 Å². The van der Waals surface area contributed by atoms with Gasteiger partial charge in [0.05, 0.1) is 28.5 Å². The van der Waals surface area contributed by atoms with Crippen molar-refractivity contribution in [3.63, 3.8) is 0 Å². The molecule has 1 N–H and O–H groups in total. The van der Waals surface area contributed by atoms with Crippen LogP contribution < -0.4 is 9.47 Å². The summed E-state index contributed by atoms with van der Waals surface area (Å²) in [5, 5.41) is 11.6. The molecule has 24 heavy (non-hydrogen) atoms. The second-order valence-corrected chi connectivity index (χ2v) is 5.37. The van der Waals surface area contributed by atoms with Crippen molar-refractivity contribution in [2.75, 3.05) is 27.1 Å². The van der Waals surface area contributed by atoms with Crippen molar-refractivity contribution >= 4 is 0 Å². The monoisotopic (exact) mass is 355 g/mol. The zero-order valence-corrected chi connectivity index (χ0v) is 12.9. The smallest absolute Gasteiger partial charge is 0.161 e. The van der Waals surface area contributed by atoms with Crippen LogP contribution in [0.5, 0.6) is 11.5 Å². The van der Waals surface area contributed by atoms with Crippen molar-refractivity contribution in [1.82, 2.24) is 4.90 Å². The molecule has 1 fully saturated rings. The number of fused-ring (bicyclic) bond motifs is 3. The van der Waals surface area contributed by atoms with Gasteiger partial charge in [0.2, 0.25) is 0 Å². The third-order valence-electron chi connectivity index (χ3n) is 3.36. The molecule has 0 amide bonds. The molecule has 0 aliphatic carbocycles. The Morgan fingerprint density at radius 2 is 2.29 bits per heavy atom. The molecule has 2 aliphatic rings. The van der Waals surface area contributed by atoms with Crippen LogP contribution in [-0.2, 0) is 6.37 Å². The molecule has 2 heterocycles. The van der Waals surface area contributed by atoms with E-state index >= 15 is 0 Å². The van der Waals surface area contributed by atoms with E-state index in [0.717, 1.165) is 7.11 Å². The first-order valence-corrected chi connectivity index (χ1v) is 6.89. The normalized spacial score (nSPS) is 54.5. The fraction of sp³-hybridized carbons (Fsp3) is 0.700. The van der Waals surface area contributed by atoms with Gasteiger partial charge in [0, 0.05) is 41.0 Å². The number of ether oxygens (including phenoxy) is 2. The molecule has 0 saturated carbocycles. The molecule has 4 heteroatoms. The third kappa shape index (κ3) is 3.40. The number of hydrogen-bond acceptors (Lipinski definition) is 4. The summed E-state index contributed by atoms with van der Waals surface area (Å²) in [6.45, 7) is -15.3. The van der Waals surface area contributed by atoms with Crippen molar-refractivity contribution < 1.29 is 44.7 Å². The minimum atomic E-state index is -4.24. The first kappa shape index (κ1) is 4.92. The van der Waals surface area contributed by atoms with Gasteiger partial charge in [0.25, 0.3) is 0 Å². The van der Waals surface area contributed by atoms with Crippen molar-refractivity contribution in [2.24, 2.45) is 11.3 Å². The number of rotatable bonds is 3. The summed E-state index contributed by atoms with van der Waals surface area (Å²) in [5.41, 5.74) is -6.02. The van der Waals surface area contributed by atoms with E-state index in [9.17, 15) is 5.11 Å². The summed E-state index contributed by atoms with van der Waals surface area (Å²) in [6.07, 6.45) is -16.0. The topological polar surface area (TPSA) is 41.9 Å². The van der Waals surface area contributed by atoms with Gasteiger partial charge in [0.1, 0.15) is 0 Å². The molecule has 0 bridgehead atoms. The highest BCUT2D eigenvalue weighted by atomic mass is 16.5. The first-order chi connectivity index (χ1) is 20.0. The van der Waals surface area contributed by atoms with E-state index in [2.05, 4.69) is 0 Å². The molecule has 1 saturated heterocycles. The van der Waals surface area contributed by atoms with Crippen LogP contribution >= 0.6 is 0 Å². The SMILES string of the molecule is [2H]c1c(OC([2H])([2H])[2H])c(OC)c([2H])c2c1C1N(C([2H])([2H])C(C([2H])([2H])C(C)(C([2H])([2H])[2H])C([2H])([2H])[2H])C([2H])(O)C1([2H])[2H])C([2H])([2H])C2([2H])[2H]. The van der Waals surface area contributed by atoms with E-state index < -0.39 is 111 Å². The molecular weight excluding hydrogens is 302 g/mol. The van der Waals surface area contributed by atoms with E-state index in [0.29, 0.717) is 6.92 Å². The summed E-state index contributed by atoms with van der Waals surface area (Å²) in [4.78, 5) is -0.309. The number of benzene rings is 1. The molecule has 2 aliphatic heterocycles. The first-order valence-electron chi connectivity index (χ1n) is 17.9. The predicted molar refractivity (Wildman–Crippen MR) is 95.7 cm³/mol. The van der Waals surface area contributed by atoms with Crippen molar-refractivity contribution in [2.45, 2.75) is 51.9 Å². The third-order valence-corrected chi connectivity index (χ3v) is 3.36. The zero-order chi connectivity index (χ0) is 36.6. The average Bonchev–Trinajstić information content (AvgIpc) is 2.79. The summed E-state index contributed by atoms with van der Waals surface area (Å²) in [5.74, 6) is -5.46. The van der Waals surface area contributed by atoms with E-state index in [4.69, 9.17) is 39.6 Å². The van der Waals surface area contributed by atoms with Gasteiger partial charge in [0.15, 0.2) is 11.5 Å². The molecule has 0 radical (unpaired) electrons. The Hall–Kier alpha value is -1.26. The molecule has 3 unspecified atom stereocenters. The van der Waals surface area contributed by atoms with Crippen molar-refractivity contribution in [3.8, 4) is 11.5 Å². The second kappa shape index (κ2) is 6.57. The molecule has 3 atom stereocenters. The van der Waals surface area contributed by atoms with Gasteiger partial charge in [-0.25, -0.2) is 0 Å². The standard InChI is InChI=1S/C20H31NO3/c1-20(2,3)11-14-12-21-7-6-13-8-18(23-4)19(24-5)9-15(13)16(21)10-17(14)22/h8-9,14,16-17,22H,6-7,10-12H2,1-5H3/i1D3,2D3,5D3,6D2,7D2,8D,9D,10D2,11D2,12D2,17D. The predicted octanol–water partition coefficient (Wildman–Crippen LogP) is 3.42. The Morgan fingerprint density at radius 3 is 3.00 bits per heavy atom. The largest absolute Gasteiger partial charge is 0.493 e. The Kier molecular flexibility index (Phi) is 1.35. The minimum Gasteiger partial charge on any atom is -0.493 e. The lowest BCUT2D eigenvalue weighted by Crippen LogP contribution is -2.48. The second-order valence-electron chi connectivity index (χ2n) is 5.37. The van der Waals surface area contributed by atoms with Crippen LogP contribution in [0.2, 0.25) is 0 Å². The Bertz CT molecular complexity index is 1380. The summed E-state index contributed by atoms with van der Waals surface area (Å²) in [7, 11) is -2.51. The highest BCUT2D eigenvalue weighted by molar-refractivity contribution is 5.49. The maximum absolute atomic E-state index is 11.6. The van der Waals surface area contributed by atoms with E-state index in [1.54, 1.807) is 0 Å². The molecular formula is C20H31NO3. The number of piperidine rings is 1. The summed E-state index contributed by atoms with van der Waals surface area (Å²) < 4.78 is 194. The van der Waals surface area contributed by atoms with Crippen molar-refractivity contribution in [3.05, 3.63) is 23.2 Å². The molecule has 3 rings (SSSR count). The fourth-order valence-electron chi connectivity index (χ4n) is 2.36. The van der Waals surface area contributed by atoms with Crippen LogP contribution in [0, 0.1) is 11.3 Å². The highest BCUT2D eigenvalue weighted by Crippen LogP contribution is 2.44. The molecule has 0 spiro atoms. The van der Waals surface area contributed by atoms with E-state index in [-0.39, 0.29) is 4.90 Å². The molecule has 1 aromatic rings. The lowest BCUT2D eigenvalue weighted by molar-refractivity contribution is -0.0259. The van der Waals surface area contributed by atoms with E-state index in [1.807, 2.05) is 0 Å². The zero-order valence-electron chi connectivity index (χ0n) is 34.9. The number of nitrogens with zero attached hydrogens (tertiary/aromatic N) is 1. The van der Waals surface area contributed by atoms with Crippen LogP contribution in [0.15, 0.2) is 12.1 Å². The van der Waals surface area contributed by atoms with Crippen LogP contribution in [0.4, 0.5) is 0 Å². The average molecular weight is 356 g/mol. The van der Waals surface area contributed by atoms with E-state index in [1.165, 1.54) is 0 Å². The number of methoxy groups -OCH3 is 2. The molecule has 0 aromatic heterocycles. The maximum Gasteiger partial charge on any atom is 0.161 e. The summed E-state index contributed by atoms with van der Waals surface area (Å²) in [6, 6.07) is -5.29. The van der Waals surface area contributed by atoms with Gasteiger partial charge in [-0.3, -0.25) is 4.90 Å². The Morgan fingerprint density at radius 1 is 1.50 bits per heavy atom. The molecule has 1 aromatic carbocycles. The van der Waals surface area contributed by atoms with Gasteiger partial charge in [-0.2, -0.15) is 0 Å². The fourth-order valence-corrected chi connectivity index (χ4v) is 2.36. The van der Waals surface area contributed by atoms with Crippen molar-refractivity contribution in [1.29, 1.82) is 0 Å². The Labute approximate surface area is 176 Å². The number of aliphatic hydroxyl groups is 1. The van der Waals surface area contributed by atoms with Gasteiger partial charge in [-0.1, -0.05) is 20.6 Å². The highest BCUT2D eigenvalue weighted by Gasteiger charge is 2.39. The lowest BCUT2D eigenvalue weighted by atomic mass is 9.75. The van der Waals surface area contributed by atoms with Gasteiger partial charge >= 0.3 is 0 Å². The van der Waals surface area contributed by atoms with Gasteiger partial charge in [-0.15, -0.1) is 0 Å². The van der Waals surface area contributed by atoms with Gasteiger partial charge in [-0.05, 0) is 53.7 Å². The van der Waals surface area contributed by atoms with Crippen LogP contribution in [0.25, 0.3) is 0 Å². The maximum atomic E-state index is 11.6. The lowest BCUT2D eigenvalue weighted by Gasteiger charge is -2.47. The minimum absolute atomic E-state index is 0.309. The Balaban J connectivity index is 2.62.